The molecule has 7 heteroatoms. The van der Waals surface area contributed by atoms with Crippen LogP contribution in [-0.2, 0) is 9.59 Å². The van der Waals surface area contributed by atoms with Crippen molar-refractivity contribution < 1.29 is 14.0 Å². The van der Waals surface area contributed by atoms with E-state index in [4.69, 9.17) is 4.42 Å². The molecule has 2 N–H and O–H groups in total. The first-order valence-electron chi connectivity index (χ1n) is 10.5. The van der Waals surface area contributed by atoms with E-state index in [1.165, 1.54) is 0 Å². The lowest BCUT2D eigenvalue weighted by atomic mass is 10.1. The van der Waals surface area contributed by atoms with Crippen LogP contribution in [0.1, 0.15) is 35.6 Å². The van der Waals surface area contributed by atoms with Gasteiger partial charge in [0.15, 0.2) is 0 Å². The van der Waals surface area contributed by atoms with Gasteiger partial charge in [0.2, 0.25) is 11.8 Å². The molecule has 2 heterocycles. The summed E-state index contributed by atoms with van der Waals surface area (Å²) in [6.07, 6.45) is 0. The minimum Gasteiger partial charge on any atom is -0.465 e. The normalized spacial score (nSPS) is 15.8. The molecule has 1 aromatic carbocycles. The zero-order valence-corrected chi connectivity index (χ0v) is 18.3. The van der Waals surface area contributed by atoms with E-state index in [2.05, 4.69) is 15.5 Å². The van der Waals surface area contributed by atoms with Crippen LogP contribution in [0.25, 0.3) is 0 Å². The minimum atomic E-state index is -0.0172. The van der Waals surface area contributed by atoms with Gasteiger partial charge in [-0.3, -0.25) is 19.8 Å². The number of piperazine rings is 1. The maximum atomic E-state index is 12.5. The molecule has 7 nitrogen and oxygen atoms in total. The Labute approximate surface area is 178 Å². The fourth-order valence-electron chi connectivity index (χ4n) is 3.69. The van der Waals surface area contributed by atoms with Crippen LogP contribution < -0.4 is 10.6 Å². The maximum Gasteiger partial charge on any atom is 0.238 e. The summed E-state index contributed by atoms with van der Waals surface area (Å²) < 4.78 is 5.60. The van der Waals surface area contributed by atoms with Gasteiger partial charge in [0.1, 0.15) is 11.5 Å². The fourth-order valence-corrected chi connectivity index (χ4v) is 3.69. The summed E-state index contributed by atoms with van der Waals surface area (Å²) in [7, 11) is 0. The number of hydrogen-bond donors (Lipinski definition) is 2. The average molecular weight is 413 g/mol. The number of para-hydroxylation sites is 1. The van der Waals surface area contributed by atoms with Crippen LogP contribution in [0, 0.1) is 20.8 Å². The fraction of sp³-hybridized carbons (Fsp3) is 0.478. The van der Waals surface area contributed by atoms with Crippen LogP contribution in [0.3, 0.4) is 0 Å². The number of nitrogens with zero attached hydrogens (tertiary/aromatic N) is 2. The second kappa shape index (κ2) is 9.91. The third-order valence-electron chi connectivity index (χ3n) is 5.59. The van der Waals surface area contributed by atoms with Crippen molar-refractivity contribution in [3.63, 3.8) is 0 Å². The highest BCUT2D eigenvalue weighted by Gasteiger charge is 2.23. The number of nitrogens with one attached hydrogen (secondary N) is 2. The van der Waals surface area contributed by atoms with E-state index in [1.807, 2.05) is 62.9 Å². The standard InChI is InChI=1S/C23H32N4O3/c1-16-6-5-7-17(2)23(16)25-21(28)15-26-10-12-27(13-11-26)22(29)14-24-19(4)20-9-8-18(3)30-20/h5-9,19,24H,10-15H2,1-4H3,(H,25,28). The number of furan rings is 1. The van der Waals surface area contributed by atoms with Gasteiger partial charge in [-0.05, 0) is 51.0 Å². The molecule has 1 atom stereocenters. The summed E-state index contributed by atoms with van der Waals surface area (Å²) in [6, 6.07) is 9.81. The van der Waals surface area contributed by atoms with Gasteiger partial charge in [-0.1, -0.05) is 18.2 Å². The molecule has 1 saturated heterocycles. The third kappa shape index (κ3) is 5.70. The highest BCUT2D eigenvalue weighted by Crippen LogP contribution is 2.19. The Kier molecular flexibility index (Phi) is 7.29. The second-order valence-corrected chi connectivity index (χ2v) is 8.02. The predicted molar refractivity (Wildman–Crippen MR) is 117 cm³/mol. The van der Waals surface area contributed by atoms with Gasteiger partial charge in [0.25, 0.3) is 0 Å². The van der Waals surface area contributed by atoms with E-state index >= 15 is 0 Å². The minimum absolute atomic E-state index is 0.0162. The Morgan fingerprint density at radius 1 is 1.03 bits per heavy atom. The molecule has 0 bridgehead atoms. The van der Waals surface area contributed by atoms with Crippen molar-refractivity contribution in [2.24, 2.45) is 0 Å². The summed E-state index contributed by atoms with van der Waals surface area (Å²) in [4.78, 5) is 28.9. The molecule has 1 aliphatic rings. The second-order valence-electron chi connectivity index (χ2n) is 8.02. The van der Waals surface area contributed by atoms with Crippen molar-refractivity contribution in [3.8, 4) is 0 Å². The molecule has 0 aliphatic carbocycles. The molecule has 3 rings (SSSR count). The van der Waals surface area contributed by atoms with Crippen LogP contribution >= 0.6 is 0 Å². The smallest absolute Gasteiger partial charge is 0.238 e. The SMILES string of the molecule is Cc1ccc(C(C)NCC(=O)N2CCN(CC(=O)Nc3c(C)cccc3C)CC2)o1. The number of anilines is 1. The van der Waals surface area contributed by atoms with Crippen molar-refractivity contribution in [3.05, 3.63) is 53.0 Å². The highest BCUT2D eigenvalue weighted by atomic mass is 16.3. The first kappa shape index (κ1) is 22.1. The zero-order chi connectivity index (χ0) is 21.7. The van der Waals surface area contributed by atoms with E-state index in [1.54, 1.807) is 0 Å². The topological polar surface area (TPSA) is 77.8 Å². The molecule has 1 fully saturated rings. The van der Waals surface area contributed by atoms with Crippen molar-refractivity contribution >= 4 is 17.5 Å². The molecule has 1 unspecified atom stereocenters. The lowest BCUT2D eigenvalue weighted by molar-refractivity contribution is -0.132. The summed E-state index contributed by atoms with van der Waals surface area (Å²) >= 11 is 0. The highest BCUT2D eigenvalue weighted by molar-refractivity contribution is 5.93. The van der Waals surface area contributed by atoms with Crippen LogP contribution in [0.2, 0.25) is 0 Å². The summed E-state index contributed by atoms with van der Waals surface area (Å²) in [5.74, 6) is 1.75. The van der Waals surface area contributed by atoms with Crippen molar-refractivity contribution in [1.29, 1.82) is 0 Å². The predicted octanol–water partition coefficient (Wildman–Crippen LogP) is 2.64. The number of carbonyl (C=O) groups excluding carboxylic acids is 2. The largest absolute Gasteiger partial charge is 0.465 e. The van der Waals surface area contributed by atoms with Crippen LogP contribution in [0.5, 0.6) is 0 Å². The zero-order valence-electron chi connectivity index (χ0n) is 18.3. The van der Waals surface area contributed by atoms with Gasteiger partial charge < -0.3 is 14.6 Å². The van der Waals surface area contributed by atoms with E-state index in [0.29, 0.717) is 32.7 Å². The van der Waals surface area contributed by atoms with Gasteiger partial charge in [0.05, 0.1) is 19.1 Å². The van der Waals surface area contributed by atoms with Gasteiger partial charge in [-0.2, -0.15) is 0 Å². The summed E-state index contributed by atoms with van der Waals surface area (Å²) in [5.41, 5.74) is 3.01. The molecule has 30 heavy (non-hydrogen) atoms. The molecule has 0 saturated carbocycles. The Bertz CT molecular complexity index is 864. The first-order chi connectivity index (χ1) is 14.3. The van der Waals surface area contributed by atoms with Gasteiger partial charge in [-0.15, -0.1) is 0 Å². The van der Waals surface area contributed by atoms with Crippen molar-refractivity contribution in [1.82, 2.24) is 15.1 Å². The van der Waals surface area contributed by atoms with Crippen LogP contribution in [0.15, 0.2) is 34.7 Å². The first-order valence-corrected chi connectivity index (χ1v) is 10.5. The van der Waals surface area contributed by atoms with Gasteiger partial charge >= 0.3 is 0 Å². The summed E-state index contributed by atoms with van der Waals surface area (Å²) in [5, 5.41) is 6.26. The Morgan fingerprint density at radius 2 is 1.70 bits per heavy atom. The Morgan fingerprint density at radius 3 is 2.30 bits per heavy atom. The van der Waals surface area contributed by atoms with Crippen LogP contribution in [-0.4, -0.2) is 60.9 Å². The Hall–Kier alpha value is -2.64. The monoisotopic (exact) mass is 412 g/mol. The molecule has 1 aromatic heterocycles. The van der Waals surface area contributed by atoms with Crippen molar-refractivity contribution in [2.45, 2.75) is 33.7 Å². The molecule has 2 aromatic rings. The number of amides is 2. The van der Waals surface area contributed by atoms with E-state index in [9.17, 15) is 9.59 Å². The van der Waals surface area contributed by atoms with E-state index < -0.39 is 0 Å². The molecule has 1 aliphatic heterocycles. The molecule has 2 amide bonds. The molecule has 162 valence electrons. The molecular weight excluding hydrogens is 380 g/mol. The van der Waals surface area contributed by atoms with Crippen LogP contribution in [0.4, 0.5) is 5.69 Å². The average Bonchev–Trinajstić information content (AvgIpc) is 3.16. The number of benzene rings is 1. The third-order valence-corrected chi connectivity index (χ3v) is 5.59. The Balaban J connectivity index is 1.40. The maximum absolute atomic E-state index is 12.5. The number of carbonyl (C=O) groups is 2. The summed E-state index contributed by atoms with van der Waals surface area (Å²) in [6.45, 7) is 11.1. The molecular formula is C23H32N4O3. The quantitative estimate of drug-likeness (QED) is 0.731. The number of rotatable bonds is 7. The lowest BCUT2D eigenvalue weighted by Crippen LogP contribution is -2.52. The number of aryl methyl sites for hydroxylation is 3. The van der Waals surface area contributed by atoms with E-state index in [-0.39, 0.29) is 24.4 Å². The van der Waals surface area contributed by atoms with E-state index in [0.717, 1.165) is 28.3 Å². The van der Waals surface area contributed by atoms with Gasteiger partial charge in [0, 0.05) is 31.9 Å². The molecule has 0 radical (unpaired) electrons. The van der Waals surface area contributed by atoms with Crippen molar-refractivity contribution in [2.75, 3.05) is 44.6 Å². The lowest BCUT2D eigenvalue weighted by Gasteiger charge is -2.34. The number of hydrogen-bond acceptors (Lipinski definition) is 5. The molecule has 0 spiro atoms. The van der Waals surface area contributed by atoms with Gasteiger partial charge in [-0.25, -0.2) is 0 Å².